The molecule has 0 spiro atoms. The summed E-state index contributed by atoms with van der Waals surface area (Å²) in [6.07, 6.45) is 1.76. The highest BCUT2D eigenvalue weighted by molar-refractivity contribution is 5.93. The topological polar surface area (TPSA) is 55.6 Å². The van der Waals surface area contributed by atoms with Crippen molar-refractivity contribution >= 4 is 12.2 Å². The van der Waals surface area contributed by atoms with Crippen LogP contribution in [0.25, 0.3) is 28.2 Å². The van der Waals surface area contributed by atoms with Crippen LogP contribution < -0.4 is 5.43 Å². The molecule has 0 aliphatic rings. The Morgan fingerprint density at radius 1 is 0.906 bits per heavy atom. The highest BCUT2D eigenvalue weighted by atomic mass is 16.5. The molecule has 32 heavy (non-hydrogen) atoms. The molecule has 0 amide bonds. The van der Waals surface area contributed by atoms with Crippen molar-refractivity contribution in [1.82, 2.24) is 9.99 Å². The first-order valence-corrected chi connectivity index (χ1v) is 10.6. The minimum absolute atomic E-state index is 0.0238. The predicted molar refractivity (Wildman–Crippen MR) is 129 cm³/mol. The van der Waals surface area contributed by atoms with E-state index >= 15 is 0 Å². The van der Waals surface area contributed by atoms with Gasteiger partial charge in [-0.25, -0.2) is 0 Å². The van der Waals surface area contributed by atoms with Crippen molar-refractivity contribution in [2.45, 2.75) is 6.92 Å². The summed E-state index contributed by atoms with van der Waals surface area (Å²) in [5.41, 5.74) is 9.05. The molecule has 5 heteroatoms. The van der Waals surface area contributed by atoms with Gasteiger partial charge in [-0.15, -0.1) is 0 Å². The van der Waals surface area contributed by atoms with E-state index in [1.165, 1.54) is 0 Å². The molecule has 1 heterocycles. The highest BCUT2D eigenvalue weighted by Crippen LogP contribution is 2.35. The van der Waals surface area contributed by atoms with Gasteiger partial charge < -0.3 is 9.30 Å². The van der Waals surface area contributed by atoms with E-state index in [9.17, 15) is 4.79 Å². The third kappa shape index (κ3) is 4.78. The first kappa shape index (κ1) is 21.1. The minimum atomic E-state index is -0.334. The second kappa shape index (κ2) is 10.3. The molecule has 160 valence electrons. The van der Waals surface area contributed by atoms with Crippen LogP contribution in [0.15, 0.2) is 102 Å². The second-order valence-corrected chi connectivity index (χ2v) is 7.13. The fourth-order valence-corrected chi connectivity index (χ4v) is 3.62. The lowest BCUT2D eigenvalue weighted by Gasteiger charge is -2.15. The first-order chi connectivity index (χ1) is 15.8. The van der Waals surface area contributed by atoms with E-state index in [1.54, 1.807) is 13.1 Å². The fraction of sp³-hybridized carbons (Fsp3) is 0.111. The van der Waals surface area contributed by atoms with E-state index in [0.29, 0.717) is 6.61 Å². The maximum atomic E-state index is 11.6. The van der Waals surface area contributed by atoms with Crippen molar-refractivity contribution in [2.75, 3.05) is 13.2 Å². The van der Waals surface area contributed by atoms with Gasteiger partial charge in [0.1, 0.15) is 6.54 Å². The van der Waals surface area contributed by atoms with E-state index in [4.69, 9.17) is 4.74 Å². The van der Waals surface area contributed by atoms with Gasteiger partial charge in [-0.2, -0.15) is 5.10 Å². The predicted octanol–water partition coefficient (Wildman–Crippen LogP) is 5.30. The normalized spacial score (nSPS) is 10.9. The van der Waals surface area contributed by atoms with Crippen molar-refractivity contribution in [3.8, 4) is 28.2 Å². The van der Waals surface area contributed by atoms with Crippen LogP contribution in [0.5, 0.6) is 0 Å². The van der Waals surface area contributed by atoms with Crippen LogP contribution in [-0.4, -0.2) is 29.9 Å². The summed E-state index contributed by atoms with van der Waals surface area (Å²) in [6.45, 7) is 2.16. The number of hydrogen-bond acceptors (Lipinski definition) is 4. The number of ether oxygens (including phenoxy) is 1. The molecule has 0 radical (unpaired) electrons. The molecular formula is C27H25N3O2. The maximum absolute atomic E-state index is 11.6. The third-order valence-corrected chi connectivity index (χ3v) is 4.98. The summed E-state index contributed by atoms with van der Waals surface area (Å²) < 4.78 is 7.19. The molecule has 3 aromatic carbocycles. The number of hydrogen-bond donors (Lipinski definition) is 1. The zero-order valence-corrected chi connectivity index (χ0v) is 17.9. The van der Waals surface area contributed by atoms with Crippen LogP contribution in [-0.2, 0) is 9.53 Å². The molecule has 0 saturated carbocycles. The Bertz CT molecular complexity index is 1180. The SMILES string of the molecule is CCOC(=O)CN/N=C/c1cc(-c2ccccc2)n(-c2ccccc2)c1-c1ccccc1. The van der Waals surface area contributed by atoms with E-state index in [0.717, 1.165) is 33.8 Å². The van der Waals surface area contributed by atoms with Crippen LogP contribution in [0.3, 0.4) is 0 Å². The molecule has 1 N–H and O–H groups in total. The molecule has 1 aromatic heterocycles. The minimum Gasteiger partial charge on any atom is -0.465 e. The number of carbonyl (C=O) groups excluding carboxylic acids is 1. The molecule has 0 aliphatic carbocycles. The quantitative estimate of drug-likeness (QED) is 0.238. The Morgan fingerprint density at radius 3 is 2.12 bits per heavy atom. The average Bonchev–Trinajstić information content (AvgIpc) is 3.23. The Kier molecular flexibility index (Phi) is 6.78. The molecular weight excluding hydrogens is 398 g/mol. The number of rotatable bonds is 8. The van der Waals surface area contributed by atoms with Crippen molar-refractivity contribution in [3.63, 3.8) is 0 Å². The number of nitrogens with one attached hydrogen (secondary N) is 1. The maximum Gasteiger partial charge on any atom is 0.327 e. The lowest BCUT2D eigenvalue weighted by molar-refractivity contribution is -0.141. The second-order valence-electron chi connectivity index (χ2n) is 7.13. The lowest BCUT2D eigenvalue weighted by Crippen LogP contribution is -2.20. The van der Waals surface area contributed by atoms with Crippen molar-refractivity contribution in [2.24, 2.45) is 5.10 Å². The Labute approximate surface area is 188 Å². The summed E-state index contributed by atoms with van der Waals surface area (Å²) in [4.78, 5) is 11.6. The molecule has 0 unspecified atom stereocenters. The summed E-state index contributed by atoms with van der Waals surface area (Å²) in [5, 5.41) is 4.30. The Morgan fingerprint density at radius 2 is 1.50 bits per heavy atom. The number of hydrazone groups is 1. The number of para-hydroxylation sites is 1. The molecule has 0 saturated heterocycles. The van der Waals surface area contributed by atoms with E-state index < -0.39 is 0 Å². The van der Waals surface area contributed by atoms with Gasteiger partial charge in [0.2, 0.25) is 0 Å². The molecule has 5 nitrogen and oxygen atoms in total. The molecule has 0 fully saturated rings. The molecule has 0 atom stereocenters. The van der Waals surface area contributed by atoms with Crippen molar-refractivity contribution in [3.05, 3.63) is 103 Å². The lowest BCUT2D eigenvalue weighted by atomic mass is 10.1. The number of carbonyl (C=O) groups is 1. The standard InChI is InChI=1S/C27H25N3O2/c1-2-32-26(31)20-29-28-19-23-18-25(21-12-6-3-7-13-21)30(24-16-10-5-11-17-24)27(23)22-14-8-4-9-15-22/h3-19,29H,2,20H2,1H3/b28-19+. The molecule has 4 aromatic rings. The van der Waals surface area contributed by atoms with Gasteiger partial charge in [-0.1, -0.05) is 78.9 Å². The van der Waals surface area contributed by atoms with Gasteiger partial charge >= 0.3 is 5.97 Å². The van der Waals surface area contributed by atoms with Crippen LogP contribution in [0.2, 0.25) is 0 Å². The summed E-state index contributed by atoms with van der Waals surface area (Å²) in [6, 6.07) is 32.9. The molecule has 0 bridgehead atoms. The van der Waals surface area contributed by atoms with Crippen LogP contribution >= 0.6 is 0 Å². The van der Waals surface area contributed by atoms with Crippen molar-refractivity contribution < 1.29 is 9.53 Å². The van der Waals surface area contributed by atoms with E-state index in [2.05, 4.69) is 57.6 Å². The summed E-state index contributed by atoms with van der Waals surface area (Å²) >= 11 is 0. The number of nitrogens with zero attached hydrogens (tertiary/aromatic N) is 2. The van der Waals surface area contributed by atoms with Gasteiger partial charge in [0.05, 0.1) is 24.2 Å². The van der Waals surface area contributed by atoms with Gasteiger partial charge in [0.15, 0.2) is 0 Å². The number of benzene rings is 3. The monoisotopic (exact) mass is 423 g/mol. The van der Waals surface area contributed by atoms with E-state index in [1.807, 2.05) is 54.6 Å². The largest absolute Gasteiger partial charge is 0.465 e. The first-order valence-electron chi connectivity index (χ1n) is 10.6. The average molecular weight is 424 g/mol. The Balaban J connectivity index is 1.84. The smallest absolute Gasteiger partial charge is 0.327 e. The number of aromatic nitrogens is 1. The molecule has 0 aliphatic heterocycles. The summed E-state index contributed by atoms with van der Waals surface area (Å²) in [7, 11) is 0. The zero-order valence-electron chi connectivity index (χ0n) is 17.9. The van der Waals surface area contributed by atoms with Crippen LogP contribution in [0.4, 0.5) is 0 Å². The third-order valence-electron chi connectivity index (χ3n) is 4.98. The Hall–Kier alpha value is -4.12. The zero-order chi connectivity index (χ0) is 22.2. The van der Waals surface area contributed by atoms with Gasteiger partial charge in [0.25, 0.3) is 0 Å². The summed E-state index contributed by atoms with van der Waals surface area (Å²) in [5.74, 6) is -0.334. The van der Waals surface area contributed by atoms with Gasteiger partial charge in [0, 0.05) is 11.3 Å². The van der Waals surface area contributed by atoms with Crippen LogP contribution in [0.1, 0.15) is 12.5 Å². The van der Waals surface area contributed by atoms with Crippen LogP contribution in [0, 0.1) is 0 Å². The number of esters is 1. The highest BCUT2D eigenvalue weighted by Gasteiger charge is 2.18. The molecule has 4 rings (SSSR count). The van der Waals surface area contributed by atoms with Gasteiger partial charge in [-0.05, 0) is 36.2 Å². The van der Waals surface area contributed by atoms with E-state index in [-0.39, 0.29) is 12.5 Å². The van der Waals surface area contributed by atoms with Gasteiger partial charge in [-0.3, -0.25) is 10.2 Å². The van der Waals surface area contributed by atoms with Crippen molar-refractivity contribution in [1.29, 1.82) is 0 Å². The fourth-order valence-electron chi connectivity index (χ4n) is 3.62.